The first-order valence-corrected chi connectivity index (χ1v) is 8.92. The predicted molar refractivity (Wildman–Crippen MR) is 106 cm³/mol. The third kappa shape index (κ3) is 3.35. The lowest BCUT2D eigenvalue weighted by atomic mass is 10.0. The molecule has 0 aliphatic carbocycles. The highest BCUT2D eigenvalue weighted by atomic mass is 35.5. The first-order chi connectivity index (χ1) is 13.6. The summed E-state index contributed by atoms with van der Waals surface area (Å²) in [6.07, 6.45) is -0.377. The molecule has 0 saturated heterocycles. The molecule has 28 heavy (non-hydrogen) atoms. The quantitative estimate of drug-likeness (QED) is 0.442. The van der Waals surface area contributed by atoms with Gasteiger partial charge in [-0.15, -0.1) is 0 Å². The number of hydroxylamine groups is 1. The highest BCUT2D eigenvalue weighted by Crippen LogP contribution is 2.39. The van der Waals surface area contributed by atoms with Crippen molar-refractivity contribution in [2.45, 2.75) is 6.23 Å². The maximum absolute atomic E-state index is 11.6. The van der Waals surface area contributed by atoms with E-state index in [1.54, 1.807) is 36.9 Å². The van der Waals surface area contributed by atoms with Crippen molar-refractivity contribution < 1.29 is 19.5 Å². The van der Waals surface area contributed by atoms with Crippen LogP contribution in [0.3, 0.4) is 0 Å². The maximum Gasteiger partial charge on any atom is 0.274 e. The van der Waals surface area contributed by atoms with E-state index >= 15 is 0 Å². The van der Waals surface area contributed by atoms with Crippen LogP contribution in [0, 0.1) is 0 Å². The van der Waals surface area contributed by atoms with E-state index in [0.717, 1.165) is 22.4 Å². The van der Waals surface area contributed by atoms with Gasteiger partial charge in [-0.1, -0.05) is 35.9 Å². The van der Waals surface area contributed by atoms with Crippen LogP contribution < -0.4 is 20.3 Å². The highest BCUT2D eigenvalue weighted by Gasteiger charge is 2.24. The van der Waals surface area contributed by atoms with Crippen LogP contribution in [0.15, 0.2) is 60.7 Å². The fraction of sp³-hybridized carbons (Fsp3) is 0.0952. The van der Waals surface area contributed by atoms with Crippen LogP contribution in [0.5, 0.6) is 11.5 Å². The monoisotopic (exact) mass is 396 g/mol. The van der Waals surface area contributed by atoms with Crippen LogP contribution >= 0.6 is 11.6 Å². The van der Waals surface area contributed by atoms with Gasteiger partial charge in [-0.25, -0.2) is 5.48 Å². The summed E-state index contributed by atoms with van der Waals surface area (Å²) in [6.45, 7) is 0. The zero-order valence-electron chi connectivity index (χ0n) is 14.9. The molecule has 6 nitrogen and oxygen atoms in total. The van der Waals surface area contributed by atoms with Gasteiger partial charge in [-0.2, -0.15) is 0 Å². The molecule has 1 aliphatic rings. The Morgan fingerprint density at radius 1 is 1.14 bits per heavy atom. The van der Waals surface area contributed by atoms with E-state index in [2.05, 4.69) is 5.32 Å². The molecule has 0 saturated carbocycles. The first kappa shape index (κ1) is 18.2. The molecular formula is C21H17ClN2O4. The molecule has 3 aromatic rings. The summed E-state index contributed by atoms with van der Waals surface area (Å²) in [7, 11) is 1.62. The van der Waals surface area contributed by atoms with E-state index in [1.165, 1.54) is 0 Å². The summed E-state index contributed by atoms with van der Waals surface area (Å²) in [5.41, 5.74) is 5.45. The van der Waals surface area contributed by atoms with Crippen LogP contribution in [0.2, 0.25) is 5.02 Å². The molecule has 3 N–H and O–H groups in total. The van der Waals surface area contributed by atoms with Crippen molar-refractivity contribution >= 4 is 23.2 Å². The number of anilines is 1. The van der Waals surface area contributed by atoms with Gasteiger partial charge in [0.25, 0.3) is 5.91 Å². The Bertz CT molecular complexity index is 1040. The van der Waals surface area contributed by atoms with Gasteiger partial charge in [0.1, 0.15) is 11.5 Å². The Balaban J connectivity index is 1.57. The number of hydrogen-bond donors (Lipinski definition) is 3. The molecule has 1 atom stereocenters. The fourth-order valence-corrected chi connectivity index (χ4v) is 3.32. The molecule has 142 valence electrons. The Hall–Kier alpha value is -3.22. The number of benzene rings is 3. The van der Waals surface area contributed by atoms with Gasteiger partial charge in [0.15, 0.2) is 6.23 Å². The summed E-state index contributed by atoms with van der Waals surface area (Å²) in [5, 5.41) is 12.6. The van der Waals surface area contributed by atoms with Gasteiger partial charge in [-0.3, -0.25) is 10.0 Å². The van der Waals surface area contributed by atoms with Crippen molar-refractivity contribution in [2.24, 2.45) is 0 Å². The maximum atomic E-state index is 11.6. The van der Waals surface area contributed by atoms with Crippen LogP contribution in [0.1, 0.15) is 22.1 Å². The van der Waals surface area contributed by atoms with Crippen LogP contribution in [0.25, 0.3) is 11.1 Å². The van der Waals surface area contributed by atoms with Crippen LogP contribution in [0.4, 0.5) is 5.69 Å². The van der Waals surface area contributed by atoms with Crippen molar-refractivity contribution in [3.05, 3.63) is 76.8 Å². The average Bonchev–Trinajstić information content (AvgIpc) is 3.16. The Kier molecular flexibility index (Phi) is 4.81. The van der Waals surface area contributed by atoms with E-state index in [-0.39, 0.29) is 6.23 Å². The van der Waals surface area contributed by atoms with E-state index in [1.807, 2.05) is 36.4 Å². The topological polar surface area (TPSA) is 79.8 Å². The zero-order valence-corrected chi connectivity index (χ0v) is 15.7. The second-order valence-electron chi connectivity index (χ2n) is 6.26. The second-order valence-corrected chi connectivity index (χ2v) is 6.70. The predicted octanol–water partition coefficient (Wildman–Crippen LogP) is 4.64. The third-order valence-corrected chi connectivity index (χ3v) is 4.80. The Morgan fingerprint density at radius 3 is 2.64 bits per heavy atom. The minimum atomic E-state index is -0.576. The molecule has 1 amide bonds. The summed E-state index contributed by atoms with van der Waals surface area (Å²) < 4.78 is 11.3. The van der Waals surface area contributed by atoms with E-state index in [4.69, 9.17) is 26.3 Å². The van der Waals surface area contributed by atoms with Gasteiger partial charge in [-0.05, 0) is 42.0 Å². The number of methoxy groups -OCH3 is 1. The minimum Gasteiger partial charge on any atom is -0.496 e. The van der Waals surface area contributed by atoms with Crippen molar-refractivity contribution in [1.82, 2.24) is 5.48 Å². The number of fused-ring (bicyclic) bond motifs is 1. The highest BCUT2D eigenvalue weighted by molar-refractivity contribution is 6.31. The number of nitrogens with one attached hydrogen (secondary N) is 2. The lowest BCUT2D eigenvalue weighted by molar-refractivity contribution is 0.0706. The largest absolute Gasteiger partial charge is 0.496 e. The summed E-state index contributed by atoms with van der Waals surface area (Å²) in [4.78, 5) is 11.6. The third-order valence-electron chi connectivity index (χ3n) is 4.56. The number of carbonyl (C=O) groups is 1. The van der Waals surface area contributed by atoms with Crippen molar-refractivity contribution in [3.63, 3.8) is 0 Å². The first-order valence-electron chi connectivity index (χ1n) is 8.54. The minimum absolute atomic E-state index is 0.335. The molecule has 0 aromatic heterocycles. The number of halogens is 1. The standard InChI is InChI=1S/C21H17ClN2O4/c1-27-18-9-7-15(22)11-16(18)12-2-4-13(5-3-12)21-23-17-10-14(20(25)24-26)6-8-19(17)28-21/h2-11,21,23,26H,1H3,(H,24,25). The van der Waals surface area contributed by atoms with Gasteiger partial charge in [0, 0.05) is 21.7 Å². The summed E-state index contributed by atoms with van der Waals surface area (Å²) in [5.74, 6) is 0.808. The SMILES string of the molecule is COc1ccc(Cl)cc1-c1ccc(C2Nc3cc(C(=O)NO)ccc3O2)cc1. The molecule has 0 fully saturated rings. The molecule has 0 radical (unpaired) electrons. The smallest absolute Gasteiger partial charge is 0.274 e. The van der Waals surface area contributed by atoms with E-state index < -0.39 is 5.91 Å². The van der Waals surface area contributed by atoms with E-state index in [9.17, 15) is 4.79 Å². The molecule has 3 aromatic carbocycles. The molecular weight excluding hydrogens is 380 g/mol. The normalized spacial score (nSPS) is 14.6. The van der Waals surface area contributed by atoms with Crippen molar-refractivity contribution in [1.29, 1.82) is 0 Å². The second kappa shape index (κ2) is 7.42. The Labute approximate surface area is 166 Å². The van der Waals surface area contributed by atoms with E-state index in [0.29, 0.717) is 22.0 Å². The van der Waals surface area contributed by atoms with Gasteiger partial charge >= 0.3 is 0 Å². The van der Waals surface area contributed by atoms with Crippen LogP contribution in [-0.2, 0) is 0 Å². The molecule has 7 heteroatoms. The molecule has 0 bridgehead atoms. The molecule has 1 unspecified atom stereocenters. The van der Waals surface area contributed by atoms with Gasteiger partial charge in [0.2, 0.25) is 0 Å². The number of hydrogen-bond acceptors (Lipinski definition) is 5. The average molecular weight is 397 g/mol. The number of amides is 1. The van der Waals surface area contributed by atoms with Gasteiger partial charge in [0.05, 0.1) is 12.8 Å². The number of rotatable bonds is 4. The number of carbonyl (C=O) groups excluding carboxylic acids is 1. The lowest BCUT2D eigenvalue weighted by Crippen LogP contribution is -2.18. The lowest BCUT2D eigenvalue weighted by Gasteiger charge is -2.13. The summed E-state index contributed by atoms with van der Waals surface area (Å²) in [6, 6.07) is 18.3. The van der Waals surface area contributed by atoms with Crippen molar-refractivity contribution in [2.75, 3.05) is 12.4 Å². The summed E-state index contributed by atoms with van der Waals surface area (Å²) >= 11 is 6.13. The number of ether oxygens (including phenoxy) is 2. The van der Waals surface area contributed by atoms with Crippen LogP contribution in [-0.4, -0.2) is 18.2 Å². The molecule has 1 heterocycles. The Morgan fingerprint density at radius 2 is 1.93 bits per heavy atom. The zero-order chi connectivity index (χ0) is 19.7. The fourth-order valence-electron chi connectivity index (χ4n) is 3.14. The van der Waals surface area contributed by atoms with Crippen molar-refractivity contribution in [3.8, 4) is 22.6 Å². The molecule has 0 spiro atoms. The molecule has 4 rings (SSSR count). The van der Waals surface area contributed by atoms with Gasteiger partial charge < -0.3 is 14.8 Å². The molecule has 1 aliphatic heterocycles.